The van der Waals surface area contributed by atoms with Crippen LogP contribution in [-0.2, 0) is 0 Å². The Labute approximate surface area is 104 Å². The number of hydrogen-bond acceptors (Lipinski definition) is 2. The number of benzene rings is 1. The van der Waals surface area contributed by atoms with Crippen molar-refractivity contribution in [2.24, 2.45) is 5.92 Å². The fourth-order valence-electron chi connectivity index (χ4n) is 2.27. The standard InChI is InChI=1S/C15H23NO/c1-11(2)13-4-6-14(7-5-13)17-15-8-9-16-10-12(15)3/h4-7,11-12,15-16H,8-10H2,1-3H3. The van der Waals surface area contributed by atoms with E-state index in [1.165, 1.54) is 5.56 Å². The molecule has 1 N–H and O–H groups in total. The first kappa shape index (κ1) is 12.4. The maximum absolute atomic E-state index is 6.06. The van der Waals surface area contributed by atoms with E-state index in [2.05, 4.69) is 50.4 Å². The molecule has 0 saturated carbocycles. The van der Waals surface area contributed by atoms with E-state index in [0.29, 0.717) is 17.9 Å². The van der Waals surface area contributed by atoms with Crippen molar-refractivity contribution in [2.45, 2.75) is 39.2 Å². The minimum Gasteiger partial charge on any atom is -0.490 e. The summed E-state index contributed by atoms with van der Waals surface area (Å²) >= 11 is 0. The number of nitrogens with one attached hydrogen (secondary N) is 1. The molecule has 1 aromatic rings. The second-order valence-corrected chi connectivity index (χ2v) is 5.35. The van der Waals surface area contributed by atoms with Gasteiger partial charge < -0.3 is 10.1 Å². The van der Waals surface area contributed by atoms with Gasteiger partial charge in [0, 0.05) is 12.5 Å². The molecule has 94 valence electrons. The van der Waals surface area contributed by atoms with Crippen molar-refractivity contribution in [2.75, 3.05) is 13.1 Å². The summed E-state index contributed by atoms with van der Waals surface area (Å²) in [5, 5.41) is 3.39. The highest BCUT2D eigenvalue weighted by Crippen LogP contribution is 2.22. The lowest BCUT2D eigenvalue weighted by Gasteiger charge is -2.30. The van der Waals surface area contributed by atoms with Gasteiger partial charge in [-0.05, 0) is 36.6 Å². The molecule has 1 heterocycles. The average Bonchev–Trinajstić information content (AvgIpc) is 2.33. The fraction of sp³-hybridized carbons (Fsp3) is 0.600. The predicted octanol–water partition coefficient (Wildman–Crippen LogP) is 3.19. The molecule has 0 spiro atoms. The third kappa shape index (κ3) is 3.22. The molecule has 17 heavy (non-hydrogen) atoms. The van der Waals surface area contributed by atoms with Crippen LogP contribution in [0.25, 0.3) is 0 Å². The second-order valence-electron chi connectivity index (χ2n) is 5.35. The maximum Gasteiger partial charge on any atom is 0.119 e. The lowest BCUT2D eigenvalue weighted by atomic mass is 9.98. The lowest BCUT2D eigenvalue weighted by molar-refractivity contribution is 0.112. The van der Waals surface area contributed by atoms with Crippen molar-refractivity contribution >= 4 is 0 Å². The highest BCUT2D eigenvalue weighted by Gasteiger charge is 2.22. The molecule has 1 aromatic carbocycles. The number of ether oxygens (including phenoxy) is 1. The number of piperidine rings is 1. The molecule has 0 amide bonds. The van der Waals surface area contributed by atoms with Crippen LogP contribution in [-0.4, -0.2) is 19.2 Å². The van der Waals surface area contributed by atoms with Gasteiger partial charge in [0.1, 0.15) is 11.9 Å². The molecule has 0 aliphatic carbocycles. The Kier molecular flexibility index (Phi) is 4.06. The summed E-state index contributed by atoms with van der Waals surface area (Å²) in [5.41, 5.74) is 1.37. The van der Waals surface area contributed by atoms with E-state index in [1.54, 1.807) is 0 Å². The van der Waals surface area contributed by atoms with Gasteiger partial charge in [0.05, 0.1) is 0 Å². The van der Waals surface area contributed by atoms with Crippen LogP contribution in [0.2, 0.25) is 0 Å². The molecule has 1 aliphatic rings. The van der Waals surface area contributed by atoms with Crippen molar-refractivity contribution in [1.29, 1.82) is 0 Å². The van der Waals surface area contributed by atoms with Gasteiger partial charge in [-0.25, -0.2) is 0 Å². The molecule has 1 aliphatic heterocycles. The van der Waals surface area contributed by atoms with Crippen LogP contribution in [0.1, 0.15) is 38.7 Å². The number of rotatable bonds is 3. The van der Waals surface area contributed by atoms with Crippen molar-refractivity contribution < 1.29 is 4.74 Å². The largest absolute Gasteiger partial charge is 0.490 e. The van der Waals surface area contributed by atoms with E-state index in [1.807, 2.05) is 0 Å². The van der Waals surface area contributed by atoms with Gasteiger partial charge in [-0.2, -0.15) is 0 Å². The van der Waals surface area contributed by atoms with E-state index in [0.717, 1.165) is 25.3 Å². The highest BCUT2D eigenvalue weighted by molar-refractivity contribution is 5.29. The van der Waals surface area contributed by atoms with Crippen LogP contribution < -0.4 is 10.1 Å². The number of hydrogen-bond donors (Lipinski definition) is 1. The molecule has 1 fully saturated rings. The smallest absolute Gasteiger partial charge is 0.119 e. The topological polar surface area (TPSA) is 21.3 Å². The Morgan fingerprint density at radius 2 is 1.94 bits per heavy atom. The summed E-state index contributed by atoms with van der Waals surface area (Å²) in [7, 11) is 0. The van der Waals surface area contributed by atoms with Gasteiger partial charge in [0.2, 0.25) is 0 Å². The van der Waals surface area contributed by atoms with Gasteiger partial charge >= 0.3 is 0 Å². The summed E-state index contributed by atoms with van der Waals surface area (Å²) in [6.07, 6.45) is 1.47. The summed E-state index contributed by atoms with van der Waals surface area (Å²) in [6.45, 7) is 8.81. The zero-order valence-corrected chi connectivity index (χ0v) is 11.1. The molecular formula is C15H23NO. The molecule has 2 heteroatoms. The zero-order valence-electron chi connectivity index (χ0n) is 11.1. The van der Waals surface area contributed by atoms with Crippen molar-refractivity contribution in [1.82, 2.24) is 5.32 Å². The van der Waals surface area contributed by atoms with Crippen molar-refractivity contribution in [3.63, 3.8) is 0 Å². The lowest BCUT2D eigenvalue weighted by Crippen LogP contribution is -2.41. The minimum atomic E-state index is 0.362. The fourth-order valence-corrected chi connectivity index (χ4v) is 2.27. The van der Waals surface area contributed by atoms with Crippen LogP contribution in [0.5, 0.6) is 5.75 Å². The Morgan fingerprint density at radius 1 is 1.24 bits per heavy atom. The van der Waals surface area contributed by atoms with E-state index in [9.17, 15) is 0 Å². The SMILES string of the molecule is CC(C)c1ccc(OC2CCNCC2C)cc1. The van der Waals surface area contributed by atoms with Gasteiger partial charge in [-0.15, -0.1) is 0 Å². The first-order chi connectivity index (χ1) is 8.16. The third-order valence-corrected chi connectivity index (χ3v) is 3.54. The summed E-state index contributed by atoms with van der Waals surface area (Å²) < 4.78 is 6.06. The molecule has 2 unspecified atom stereocenters. The second kappa shape index (κ2) is 5.54. The van der Waals surface area contributed by atoms with Crippen LogP contribution in [0.4, 0.5) is 0 Å². The first-order valence-electron chi connectivity index (χ1n) is 6.64. The van der Waals surface area contributed by atoms with Crippen molar-refractivity contribution in [3.05, 3.63) is 29.8 Å². The summed E-state index contributed by atoms with van der Waals surface area (Å²) in [6, 6.07) is 8.55. The van der Waals surface area contributed by atoms with Crippen molar-refractivity contribution in [3.8, 4) is 5.75 Å². The van der Waals surface area contributed by atoms with Gasteiger partial charge in [0.25, 0.3) is 0 Å². The molecule has 1 saturated heterocycles. The first-order valence-corrected chi connectivity index (χ1v) is 6.64. The Morgan fingerprint density at radius 3 is 2.53 bits per heavy atom. The minimum absolute atomic E-state index is 0.362. The van der Waals surface area contributed by atoms with Crippen LogP contribution in [0, 0.1) is 5.92 Å². The molecule has 2 atom stereocenters. The zero-order chi connectivity index (χ0) is 12.3. The predicted molar refractivity (Wildman–Crippen MR) is 71.6 cm³/mol. The van der Waals surface area contributed by atoms with Gasteiger partial charge in [-0.1, -0.05) is 32.9 Å². The Bertz CT molecular complexity index is 344. The molecular weight excluding hydrogens is 210 g/mol. The molecule has 2 nitrogen and oxygen atoms in total. The Balaban J connectivity index is 1.98. The van der Waals surface area contributed by atoms with Gasteiger partial charge in [0.15, 0.2) is 0 Å². The van der Waals surface area contributed by atoms with E-state index < -0.39 is 0 Å². The normalized spacial score (nSPS) is 24.9. The summed E-state index contributed by atoms with van der Waals surface area (Å²) in [5.74, 6) is 2.18. The quantitative estimate of drug-likeness (QED) is 0.865. The van der Waals surface area contributed by atoms with Crippen LogP contribution in [0.3, 0.4) is 0 Å². The van der Waals surface area contributed by atoms with Crippen LogP contribution >= 0.6 is 0 Å². The van der Waals surface area contributed by atoms with Crippen LogP contribution in [0.15, 0.2) is 24.3 Å². The molecule has 0 radical (unpaired) electrons. The van der Waals surface area contributed by atoms with E-state index in [-0.39, 0.29) is 0 Å². The summed E-state index contributed by atoms with van der Waals surface area (Å²) in [4.78, 5) is 0. The van der Waals surface area contributed by atoms with Gasteiger partial charge in [-0.3, -0.25) is 0 Å². The average molecular weight is 233 g/mol. The molecule has 2 rings (SSSR count). The monoisotopic (exact) mass is 233 g/mol. The third-order valence-electron chi connectivity index (χ3n) is 3.54. The highest BCUT2D eigenvalue weighted by atomic mass is 16.5. The van der Waals surface area contributed by atoms with E-state index >= 15 is 0 Å². The molecule has 0 aromatic heterocycles. The van der Waals surface area contributed by atoms with E-state index in [4.69, 9.17) is 4.74 Å². The Hall–Kier alpha value is -1.02. The maximum atomic E-state index is 6.06. The molecule has 0 bridgehead atoms.